The van der Waals surface area contributed by atoms with Crippen LogP contribution < -0.4 is 14.5 Å². The number of hydrogen-bond donors (Lipinski definition) is 0. The average Bonchev–Trinajstić information content (AvgIpc) is 3.30. The summed E-state index contributed by atoms with van der Waals surface area (Å²) >= 11 is 6.57. The van der Waals surface area contributed by atoms with Crippen LogP contribution in [-0.4, -0.2) is 31.9 Å². The fourth-order valence-corrected chi connectivity index (χ4v) is 4.86. The molecule has 0 atom stereocenters. The first-order valence-corrected chi connectivity index (χ1v) is 11.6. The lowest BCUT2D eigenvalue weighted by Crippen LogP contribution is -2.39. The van der Waals surface area contributed by atoms with Gasteiger partial charge in [-0.05, 0) is 56.4 Å². The Kier molecular flexibility index (Phi) is 6.77. The van der Waals surface area contributed by atoms with Crippen LogP contribution in [0.15, 0.2) is 53.4 Å². The van der Waals surface area contributed by atoms with Crippen LogP contribution in [0, 0.1) is 34.1 Å². The van der Waals surface area contributed by atoms with Crippen molar-refractivity contribution in [3.05, 3.63) is 90.6 Å². The molecule has 0 radical (unpaired) electrons. The van der Waals surface area contributed by atoms with Crippen LogP contribution in [0.25, 0.3) is 6.08 Å². The van der Waals surface area contributed by atoms with Gasteiger partial charge in [-0.2, -0.15) is 5.01 Å². The summed E-state index contributed by atoms with van der Waals surface area (Å²) in [4.78, 5) is 34.7. The van der Waals surface area contributed by atoms with E-state index in [1.807, 2.05) is 26.0 Å². The van der Waals surface area contributed by atoms with Crippen molar-refractivity contribution in [3.8, 4) is 17.2 Å². The lowest BCUT2D eigenvalue weighted by molar-refractivity contribution is -0.394. The fourth-order valence-electron chi connectivity index (χ4n) is 3.62. The number of benzene rings is 2. The molecule has 184 valence electrons. The molecule has 0 bridgehead atoms. The molecule has 1 aliphatic heterocycles. The molecule has 1 saturated heterocycles. The fraction of sp³-hybridized carbons (Fsp3) is 0.130. The summed E-state index contributed by atoms with van der Waals surface area (Å²) in [7, 11) is 1.40. The Labute approximate surface area is 214 Å². The normalized spacial score (nSPS) is 14.4. The molecule has 3 aromatic rings. The monoisotopic (exact) mass is 526 g/mol. The van der Waals surface area contributed by atoms with Gasteiger partial charge in [0.05, 0.1) is 27.9 Å². The zero-order chi connectivity index (χ0) is 26.1. The summed E-state index contributed by atoms with van der Waals surface area (Å²) in [5.74, 6) is -0.238. The number of amides is 1. The van der Waals surface area contributed by atoms with Crippen LogP contribution in [-0.2, 0) is 4.79 Å². The molecule has 0 N–H and O–H groups in total. The summed E-state index contributed by atoms with van der Waals surface area (Å²) < 4.78 is 13.3. The van der Waals surface area contributed by atoms with Gasteiger partial charge in [-0.1, -0.05) is 23.9 Å². The Balaban J connectivity index is 1.77. The van der Waals surface area contributed by atoms with Crippen molar-refractivity contribution in [3.63, 3.8) is 0 Å². The van der Waals surface area contributed by atoms with Crippen molar-refractivity contribution in [1.29, 1.82) is 0 Å². The van der Waals surface area contributed by atoms with Crippen LogP contribution in [0.5, 0.6) is 17.2 Å². The maximum absolute atomic E-state index is 13.3. The minimum absolute atomic E-state index is 0.0931. The molecule has 1 amide bonds. The van der Waals surface area contributed by atoms with Crippen LogP contribution >= 0.6 is 24.0 Å². The number of nitrogens with zero attached hydrogens (tertiary/aromatic N) is 4. The summed E-state index contributed by atoms with van der Waals surface area (Å²) in [5, 5.41) is 24.0. The average molecular weight is 527 g/mol. The summed E-state index contributed by atoms with van der Waals surface area (Å²) in [6.45, 7) is 3.72. The first kappa shape index (κ1) is 24.9. The van der Waals surface area contributed by atoms with E-state index in [1.54, 1.807) is 29.0 Å². The molecule has 1 aliphatic rings. The number of ether oxygens (including phenoxy) is 2. The number of rotatable bonds is 7. The molecule has 2 heterocycles. The number of methoxy groups -OCH3 is 1. The third-order valence-electron chi connectivity index (χ3n) is 5.29. The Bertz CT molecular complexity index is 1450. The molecule has 0 aliphatic carbocycles. The van der Waals surface area contributed by atoms with Gasteiger partial charge in [0.1, 0.15) is 0 Å². The third-order valence-corrected chi connectivity index (χ3v) is 6.57. The second kappa shape index (κ2) is 9.79. The van der Waals surface area contributed by atoms with E-state index in [4.69, 9.17) is 21.7 Å². The minimum Gasteiger partial charge on any atom is -0.493 e. The number of aryl methyl sites for hydroxylation is 2. The lowest BCUT2D eigenvalue weighted by atomic mass is 10.1. The van der Waals surface area contributed by atoms with Crippen molar-refractivity contribution >= 4 is 51.7 Å². The first-order valence-electron chi connectivity index (χ1n) is 10.3. The Morgan fingerprint density at radius 1 is 1.00 bits per heavy atom. The van der Waals surface area contributed by atoms with Crippen LogP contribution in [0.2, 0.25) is 0 Å². The van der Waals surface area contributed by atoms with Crippen LogP contribution in [0.1, 0.15) is 17.0 Å². The maximum Gasteiger partial charge on any atom is 0.318 e. The maximum atomic E-state index is 13.3. The van der Waals surface area contributed by atoms with Gasteiger partial charge in [0, 0.05) is 23.0 Å². The van der Waals surface area contributed by atoms with Crippen molar-refractivity contribution in [2.24, 2.45) is 0 Å². The van der Waals surface area contributed by atoms with E-state index < -0.39 is 21.2 Å². The summed E-state index contributed by atoms with van der Waals surface area (Å²) in [6.07, 6.45) is 1.56. The van der Waals surface area contributed by atoms with Crippen molar-refractivity contribution in [1.82, 2.24) is 4.68 Å². The number of para-hydroxylation sites is 1. The van der Waals surface area contributed by atoms with E-state index in [1.165, 1.54) is 12.1 Å². The highest BCUT2D eigenvalue weighted by Crippen LogP contribution is 2.42. The third kappa shape index (κ3) is 4.53. The first-order chi connectivity index (χ1) is 17.1. The molecule has 0 saturated carbocycles. The number of thiocarbonyl (C=S) groups is 1. The predicted molar refractivity (Wildman–Crippen MR) is 138 cm³/mol. The number of nitro groups is 2. The summed E-state index contributed by atoms with van der Waals surface area (Å²) in [6, 6.07) is 11.7. The van der Waals surface area contributed by atoms with Gasteiger partial charge in [-0.15, -0.1) is 0 Å². The lowest BCUT2D eigenvalue weighted by Gasteiger charge is -2.20. The number of nitro benzene ring substituents is 2. The molecule has 0 spiro atoms. The quantitative estimate of drug-likeness (QED) is 0.175. The van der Waals surface area contributed by atoms with Crippen molar-refractivity contribution in [2.75, 3.05) is 12.1 Å². The van der Waals surface area contributed by atoms with E-state index in [2.05, 4.69) is 0 Å². The molecular weight excluding hydrogens is 508 g/mol. The molecule has 1 fully saturated rings. The highest BCUT2D eigenvalue weighted by Gasteiger charge is 2.35. The Hall–Kier alpha value is -4.23. The van der Waals surface area contributed by atoms with Crippen molar-refractivity contribution < 1.29 is 24.1 Å². The zero-order valence-electron chi connectivity index (χ0n) is 19.2. The van der Waals surface area contributed by atoms with Gasteiger partial charge in [-0.3, -0.25) is 29.7 Å². The Morgan fingerprint density at radius 2 is 1.69 bits per heavy atom. The van der Waals surface area contributed by atoms with Gasteiger partial charge in [0.2, 0.25) is 5.75 Å². The zero-order valence-corrected chi connectivity index (χ0v) is 20.8. The topological polar surface area (TPSA) is 130 Å². The van der Waals surface area contributed by atoms with Crippen LogP contribution in [0.4, 0.5) is 11.4 Å². The van der Waals surface area contributed by atoms with E-state index >= 15 is 0 Å². The number of carbonyl (C=O) groups excluding carboxylic acids is 1. The van der Waals surface area contributed by atoms with Gasteiger partial charge in [0.25, 0.3) is 11.6 Å². The van der Waals surface area contributed by atoms with E-state index in [0.29, 0.717) is 14.8 Å². The molecule has 11 nitrogen and oxygen atoms in total. The molecule has 1 aromatic heterocycles. The number of non-ortho nitro benzene ring substituents is 1. The molecule has 13 heteroatoms. The summed E-state index contributed by atoms with van der Waals surface area (Å²) in [5.41, 5.74) is 1.02. The highest BCUT2D eigenvalue weighted by molar-refractivity contribution is 8.27. The van der Waals surface area contributed by atoms with E-state index in [0.717, 1.165) is 41.3 Å². The van der Waals surface area contributed by atoms with Gasteiger partial charge >= 0.3 is 5.69 Å². The standard InChI is InChI=1S/C23H18N4O7S2/c1-13-7-8-14(2)24(13)25-22(28)20(36-23(25)35)11-15-5-4-6-19(33-3)21(15)34-18-10-9-16(26(29)30)12-17(18)27(31)32/h4-12H,1-3H3/b20-11+. The highest BCUT2D eigenvalue weighted by atomic mass is 32.2. The number of thioether (sulfide) groups is 1. The smallest absolute Gasteiger partial charge is 0.318 e. The Morgan fingerprint density at radius 3 is 2.31 bits per heavy atom. The molecule has 0 unspecified atom stereocenters. The molecule has 2 aromatic carbocycles. The predicted octanol–water partition coefficient (Wildman–Crippen LogP) is 5.26. The largest absolute Gasteiger partial charge is 0.493 e. The molecule has 4 rings (SSSR count). The number of hydrogen-bond acceptors (Lipinski definition) is 9. The van der Waals surface area contributed by atoms with Gasteiger partial charge in [0.15, 0.2) is 15.8 Å². The number of aromatic nitrogens is 1. The van der Waals surface area contributed by atoms with Crippen LogP contribution in [0.3, 0.4) is 0 Å². The SMILES string of the molecule is COc1cccc(/C=C2/SC(=S)N(n3c(C)ccc3C)C2=O)c1Oc1ccc([N+](=O)[O-])cc1[N+](=O)[O-]. The van der Waals surface area contributed by atoms with Gasteiger partial charge in [-0.25, -0.2) is 0 Å². The molecular formula is C23H18N4O7S2. The minimum atomic E-state index is -0.774. The van der Waals surface area contributed by atoms with E-state index in [9.17, 15) is 25.0 Å². The van der Waals surface area contributed by atoms with Crippen molar-refractivity contribution in [2.45, 2.75) is 13.8 Å². The second-order valence-corrected chi connectivity index (χ2v) is 9.24. The molecule has 36 heavy (non-hydrogen) atoms. The number of carbonyl (C=O) groups is 1. The second-order valence-electron chi connectivity index (χ2n) is 7.57. The van der Waals surface area contributed by atoms with E-state index in [-0.39, 0.29) is 23.2 Å². The van der Waals surface area contributed by atoms with Gasteiger partial charge < -0.3 is 9.47 Å².